The Morgan fingerprint density at radius 3 is 1.11 bits per heavy atom. The van der Waals surface area contributed by atoms with Crippen molar-refractivity contribution < 1.29 is 0 Å². The number of benzene rings is 10. The maximum Gasteiger partial charge on any atom is 0.0540 e. The lowest BCUT2D eigenvalue weighted by atomic mass is 9.70. The highest BCUT2D eigenvalue weighted by molar-refractivity contribution is 6.26. The molecule has 1 aliphatic rings. The van der Waals surface area contributed by atoms with Gasteiger partial charge in [0.1, 0.15) is 0 Å². The van der Waals surface area contributed by atoms with Crippen molar-refractivity contribution in [3.8, 4) is 66.8 Å². The number of hydrogen-bond donors (Lipinski definition) is 0. The third-order valence-electron chi connectivity index (χ3n) is 11.6. The zero-order valence-corrected chi connectivity index (χ0v) is 31.3. The molecular weight excluding hydrogens is 687 g/mol. The first-order chi connectivity index (χ1) is 28.3. The van der Waals surface area contributed by atoms with E-state index in [4.69, 9.17) is 0 Å². The van der Waals surface area contributed by atoms with Crippen molar-refractivity contribution in [1.82, 2.24) is 0 Å². The van der Waals surface area contributed by atoms with E-state index in [1.807, 2.05) is 0 Å². The number of para-hydroxylation sites is 2. The first-order valence-electron chi connectivity index (χ1n) is 19.7. The topological polar surface area (TPSA) is 3.24 Å². The summed E-state index contributed by atoms with van der Waals surface area (Å²) in [5.41, 5.74) is 18.5. The van der Waals surface area contributed by atoms with Crippen molar-refractivity contribution in [3.63, 3.8) is 0 Å². The van der Waals surface area contributed by atoms with Crippen LogP contribution in [0.15, 0.2) is 224 Å². The largest absolute Gasteiger partial charge is 0.309 e. The molecule has 0 unspecified atom stereocenters. The zero-order valence-electron chi connectivity index (χ0n) is 31.3. The van der Waals surface area contributed by atoms with Gasteiger partial charge in [-0.2, -0.15) is 0 Å². The predicted molar refractivity (Wildman–Crippen MR) is 242 cm³/mol. The average molecular weight is 724 g/mol. The van der Waals surface area contributed by atoms with E-state index in [-0.39, 0.29) is 0 Å². The maximum absolute atomic E-state index is 2.45. The molecule has 1 aliphatic carbocycles. The average Bonchev–Trinajstić information content (AvgIpc) is 3.29. The van der Waals surface area contributed by atoms with Crippen LogP contribution in [-0.4, -0.2) is 0 Å². The monoisotopic (exact) mass is 723 g/mol. The normalized spacial score (nSPS) is 11.5. The number of fused-ring (bicyclic) bond motifs is 6. The van der Waals surface area contributed by atoms with Crippen LogP contribution in [0.2, 0.25) is 0 Å². The predicted octanol–water partition coefficient (Wildman–Crippen LogP) is 15.8. The molecule has 10 aromatic carbocycles. The Morgan fingerprint density at radius 1 is 0.246 bits per heavy atom. The fourth-order valence-electron chi connectivity index (χ4n) is 9.03. The smallest absolute Gasteiger partial charge is 0.0540 e. The molecule has 57 heavy (non-hydrogen) atoms. The molecule has 0 saturated heterocycles. The Kier molecular flexibility index (Phi) is 7.89. The SMILES string of the molecule is c1ccc(-c2ccccc2N(c2ccc3cc4c(cc3c2)-c2c-4c(-c3ccccc3)c3ccccc3c2-c2ccccc2)c2ccccc2-c2ccccc2)cc1. The summed E-state index contributed by atoms with van der Waals surface area (Å²) >= 11 is 0. The minimum absolute atomic E-state index is 1.11. The van der Waals surface area contributed by atoms with E-state index < -0.39 is 0 Å². The number of rotatable bonds is 7. The molecule has 10 aromatic rings. The fourth-order valence-corrected chi connectivity index (χ4v) is 9.03. The van der Waals surface area contributed by atoms with E-state index >= 15 is 0 Å². The lowest BCUT2D eigenvalue weighted by Crippen LogP contribution is -2.12. The van der Waals surface area contributed by atoms with E-state index in [0.717, 1.165) is 17.1 Å². The van der Waals surface area contributed by atoms with Gasteiger partial charge in [-0.05, 0) is 114 Å². The van der Waals surface area contributed by atoms with Crippen molar-refractivity contribution >= 4 is 38.6 Å². The molecule has 0 N–H and O–H groups in total. The molecule has 0 spiro atoms. The van der Waals surface area contributed by atoms with Gasteiger partial charge in [-0.1, -0.05) is 188 Å². The molecule has 11 rings (SSSR count). The summed E-state index contributed by atoms with van der Waals surface area (Å²) in [6, 6.07) is 81.7. The van der Waals surface area contributed by atoms with Crippen LogP contribution in [0.5, 0.6) is 0 Å². The molecule has 1 nitrogen and oxygen atoms in total. The summed E-state index contributed by atoms with van der Waals surface area (Å²) in [5.74, 6) is 0. The molecule has 0 saturated carbocycles. The van der Waals surface area contributed by atoms with Crippen LogP contribution in [-0.2, 0) is 0 Å². The number of hydrogen-bond acceptors (Lipinski definition) is 1. The minimum Gasteiger partial charge on any atom is -0.309 e. The van der Waals surface area contributed by atoms with Crippen LogP contribution in [0.4, 0.5) is 17.1 Å². The summed E-state index contributed by atoms with van der Waals surface area (Å²) < 4.78 is 0. The highest BCUT2D eigenvalue weighted by Gasteiger charge is 2.33. The van der Waals surface area contributed by atoms with E-state index in [1.54, 1.807) is 0 Å². The van der Waals surface area contributed by atoms with E-state index in [0.29, 0.717) is 0 Å². The second-order valence-electron chi connectivity index (χ2n) is 14.8. The molecule has 0 aliphatic heterocycles. The van der Waals surface area contributed by atoms with Gasteiger partial charge in [0.2, 0.25) is 0 Å². The van der Waals surface area contributed by atoms with Crippen LogP contribution in [0.3, 0.4) is 0 Å². The first-order valence-corrected chi connectivity index (χ1v) is 19.7. The third-order valence-corrected chi connectivity index (χ3v) is 11.6. The summed E-state index contributed by atoms with van der Waals surface area (Å²) in [5, 5.41) is 5.00. The van der Waals surface area contributed by atoms with Crippen molar-refractivity contribution in [3.05, 3.63) is 224 Å². The number of anilines is 3. The molecule has 1 heteroatoms. The fraction of sp³-hybridized carbons (Fsp3) is 0. The Hall–Kier alpha value is -7.48. The minimum atomic E-state index is 1.11. The van der Waals surface area contributed by atoms with Crippen molar-refractivity contribution in [2.24, 2.45) is 0 Å². The molecule has 0 aromatic heterocycles. The van der Waals surface area contributed by atoms with Gasteiger partial charge < -0.3 is 4.90 Å². The summed E-state index contributed by atoms with van der Waals surface area (Å²) in [7, 11) is 0. The highest BCUT2D eigenvalue weighted by Crippen LogP contribution is 2.60. The second kappa shape index (κ2) is 13.7. The van der Waals surface area contributed by atoms with Gasteiger partial charge in [-0.15, -0.1) is 0 Å². The Labute approximate surface area is 333 Å². The summed E-state index contributed by atoms with van der Waals surface area (Å²) in [4.78, 5) is 2.45. The molecular formula is C56H37N. The lowest BCUT2D eigenvalue weighted by Gasteiger charge is -2.33. The summed E-state index contributed by atoms with van der Waals surface area (Å²) in [6.45, 7) is 0. The maximum atomic E-state index is 2.45. The van der Waals surface area contributed by atoms with Gasteiger partial charge in [0.05, 0.1) is 11.4 Å². The third kappa shape index (κ3) is 5.47. The molecule has 0 atom stereocenters. The van der Waals surface area contributed by atoms with Gasteiger partial charge in [-0.25, -0.2) is 0 Å². The van der Waals surface area contributed by atoms with Gasteiger partial charge in [0.25, 0.3) is 0 Å². The Bertz CT molecular complexity index is 3010. The molecule has 266 valence electrons. The van der Waals surface area contributed by atoms with Gasteiger partial charge in [0, 0.05) is 16.8 Å². The number of nitrogens with zero attached hydrogens (tertiary/aromatic N) is 1. The van der Waals surface area contributed by atoms with Gasteiger partial charge in [0.15, 0.2) is 0 Å². The standard InChI is InChI=1S/C56H37N/c1-5-19-38(20-6-1)45-27-15-17-31-51(45)57(52-32-18-16-28-46(52)39-21-7-2-8-22-39)44-34-33-42-36-49-50(37-43(42)35-44)56-54(41-25-11-4-12-26-41)48-30-14-13-29-47(48)53(55(49)56)40-23-9-3-10-24-40/h1-37H. The van der Waals surface area contributed by atoms with Crippen molar-refractivity contribution in [1.29, 1.82) is 0 Å². The van der Waals surface area contributed by atoms with Crippen molar-refractivity contribution in [2.45, 2.75) is 0 Å². The van der Waals surface area contributed by atoms with Crippen LogP contribution < -0.4 is 4.90 Å². The van der Waals surface area contributed by atoms with Crippen LogP contribution in [0.25, 0.3) is 88.3 Å². The van der Waals surface area contributed by atoms with Gasteiger partial charge >= 0.3 is 0 Å². The van der Waals surface area contributed by atoms with Crippen LogP contribution in [0, 0.1) is 0 Å². The molecule has 0 fully saturated rings. The quantitative estimate of drug-likeness (QED) is 0.158. The van der Waals surface area contributed by atoms with Crippen molar-refractivity contribution in [2.75, 3.05) is 4.90 Å². The lowest BCUT2D eigenvalue weighted by molar-refractivity contribution is 1.29. The molecule has 0 heterocycles. The Morgan fingerprint density at radius 2 is 0.632 bits per heavy atom. The second-order valence-corrected chi connectivity index (χ2v) is 14.8. The van der Waals surface area contributed by atoms with E-state index in [1.165, 1.54) is 88.3 Å². The summed E-state index contributed by atoms with van der Waals surface area (Å²) in [6.07, 6.45) is 0. The van der Waals surface area contributed by atoms with Gasteiger partial charge in [-0.3, -0.25) is 0 Å². The van der Waals surface area contributed by atoms with E-state index in [9.17, 15) is 0 Å². The van der Waals surface area contributed by atoms with Crippen LogP contribution in [0.1, 0.15) is 0 Å². The zero-order chi connectivity index (χ0) is 37.7. The molecule has 0 radical (unpaired) electrons. The highest BCUT2D eigenvalue weighted by atomic mass is 15.1. The molecule has 0 bridgehead atoms. The van der Waals surface area contributed by atoms with E-state index in [2.05, 4.69) is 229 Å². The first kappa shape index (κ1) is 32.9. The van der Waals surface area contributed by atoms with Crippen LogP contribution >= 0.6 is 0 Å². The Balaban J connectivity index is 1.16. The molecule has 0 amide bonds.